The maximum Gasteiger partial charge on any atom is 0.438 e. The van der Waals surface area contributed by atoms with Gasteiger partial charge in [-0.15, -0.1) is 6.42 Å². The number of aromatic nitrogens is 4. The second kappa shape index (κ2) is 6.68. The van der Waals surface area contributed by atoms with Crippen LogP contribution in [0.25, 0.3) is 0 Å². The molecule has 1 saturated heterocycles. The molecule has 1 aliphatic rings. The monoisotopic (exact) mass is 382 g/mol. The molecule has 138 valence electrons. The van der Waals surface area contributed by atoms with Gasteiger partial charge in [0.15, 0.2) is 6.23 Å². The van der Waals surface area contributed by atoms with Crippen molar-refractivity contribution in [2.24, 2.45) is 0 Å². The summed E-state index contributed by atoms with van der Waals surface area (Å²) in [6, 6.07) is 0. The minimum absolute atomic E-state index is 0.133. The molecular formula is C14H15N4O7P. The Labute approximate surface area is 146 Å². The summed E-state index contributed by atoms with van der Waals surface area (Å²) in [6.07, 6.45) is 4.93. The van der Waals surface area contributed by atoms with Crippen molar-refractivity contribution in [1.29, 1.82) is 0 Å². The lowest BCUT2D eigenvalue weighted by atomic mass is 10.2. The molecule has 0 amide bonds. The van der Waals surface area contributed by atoms with Crippen LogP contribution in [0.15, 0.2) is 28.2 Å². The smallest absolute Gasteiger partial charge is 0.386 e. The van der Waals surface area contributed by atoms with Crippen molar-refractivity contribution in [1.82, 2.24) is 18.9 Å². The lowest BCUT2D eigenvalue weighted by Crippen LogP contribution is -2.38. The Kier molecular flexibility index (Phi) is 4.70. The van der Waals surface area contributed by atoms with Crippen LogP contribution in [0.5, 0.6) is 0 Å². The zero-order valence-corrected chi connectivity index (χ0v) is 14.4. The van der Waals surface area contributed by atoms with Gasteiger partial charge in [0.1, 0.15) is 23.6 Å². The first-order valence-electron chi connectivity index (χ1n) is 7.38. The highest BCUT2D eigenvalue weighted by molar-refractivity contribution is 7.51. The van der Waals surface area contributed by atoms with Crippen molar-refractivity contribution in [3.8, 4) is 12.3 Å². The van der Waals surface area contributed by atoms with Gasteiger partial charge in [-0.3, -0.25) is 18.9 Å². The summed E-state index contributed by atoms with van der Waals surface area (Å²) in [5.74, 6) is 2.36. The molecule has 1 unspecified atom stereocenters. The quantitative estimate of drug-likeness (QED) is 0.448. The van der Waals surface area contributed by atoms with E-state index in [9.17, 15) is 24.2 Å². The summed E-state index contributed by atoms with van der Waals surface area (Å²) in [5, 5.41) is 10.4. The number of aromatic amines is 1. The SMILES string of the molecule is C#Cc1cn([C@@H]2OC[C@H](OP(=O)(O)n3ccnc3C)[C@H]2O)c(=O)[nH]c1=O. The van der Waals surface area contributed by atoms with Crippen molar-refractivity contribution in [3.63, 3.8) is 0 Å². The van der Waals surface area contributed by atoms with Gasteiger partial charge in [-0.05, 0) is 6.92 Å². The van der Waals surface area contributed by atoms with Crippen LogP contribution in [-0.2, 0) is 13.8 Å². The molecule has 26 heavy (non-hydrogen) atoms. The number of terminal acetylenes is 1. The number of aliphatic hydroxyl groups excluding tert-OH is 1. The van der Waals surface area contributed by atoms with Gasteiger partial charge in [0, 0.05) is 18.6 Å². The minimum Gasteiger partial charge on any atom is -0.386 e. The zero-order valence-electron chi connectivity index (χ0n) is 13.5. The number of nitrogens with one attached hydrogen (secondary N) is 1. The molecule has 3 N–H and O–H groups in total. The normalized spacial score (nSPS) is 24.9. The summed E-state index contributed by atoms with van der Waals surface area (Å²) < 4.78 is 24.7. The highest BCUT2D eigenvalue weighted by Gasteiger charge is 2.43. The third kappa shape index (κ3) is 3.16. The summed E-state index contributed by atoms with van der Waals surface area (Å²) in [7, 11) is -4.34. The Morgan fingerprint density at radius 3 is 2.88 bits per heavy atom. The van der Waals surface area contributed by atoms with Crippen molar-refractivity contribution >= 4 is 7.75 Å². The van der Waals surface area contributed by atoms with Crippen molar-refractivity contribution in [2.75, 3.05) is 6.61 Å². The van der Waals surface area contributed by atoms with E-state index in [1.54, 1.807) is 0 Å². The Morgan fingerprint density at radius 2 is 2.27 bits per heavy atom. The lowest BCUT2D eigenvalue weighted by molar-refractivity contribution is -0.0198. The van der Waals surface area contributed by atoms with E-state index in [4.69, 9.17) is 15.7 Å². The van der Waals surface area contributed by atoms with Crippen LogP contribution in [0, 0.1) is 19.3 Å². The molecule has 0 aliphatic carbocycles. The largest absolute Gasteiger partial charge is 0.438 e. The first kappa shape index (κ1) is 18.3. The van der Waals surface area contributed by atoms with E-state index >= 15 is 0 Å². The molecule has 0 spiro atoms. The Hall–Kier alpha value is -2.48. The van der Waals surface area contributed by atoms with Crippen LogP contribution >= 0.6 is 7.75 Å². The third-order valence-electron chi connectivity index (χ3n) is 3.85. The third-order valence-corrected chi connectivity index (χ3v) is 5.36. The summed E-state index contributed by atoms with van der Waals surface area (Å²) in [5.41, 5.74) is -1.73. The molecule has 4 atom stereocenters. The molecular weight excluding hydrogens is 367 g/mol. The predicted molar refractivity (Wildman–Crippen MR) is 87.3 cm³/mol. The molecule has 2 aromatic heterocycles. The fourth-order valence-electron chi connectivity index (χ4n) is 2.55. The van der Waals surface area contributed by atoms with Gasteiger partial charge < -0.3 is 14.7 Å². The molecule has 12 heteroatoms. The predicted octanol–water partition coefficient (Wildman–Crippen LogP) is -1.05. The fraction of sp³-hybridized carbons (Fsp3) is 0.357. The molecule has 1 aliphatic heterocycles. The standard InChI is InChI=1S/C14H15N4O7P/c1-3-9-6-17(14(21)16-12(9)20)13-11(19)10(7-24-13)25-26(22,23)18-5-4-15-8(18)2/h1,4-6,10-11,13,19H,7H2,2H3,(H,22,23)(H,16,20,21)/t10-,11+,13+/m0/s1. The topological polar surface area (TPSA) is 149 Å². The number of rotatable bonds is 4. The maximum absolute atomic E-state index is 12.4. The summed E-state index contributed by atoms with van der Waals surface area (Å²) in [6.45, 7) is 1.25. The number of hydrogen-bond acceptors (Lipinski definition) is 7. The summed E-state index contributed by atoms with van der Waals surface area (Å²) in [4.78, 5) is 39.4. The zero-order chi connectivity index (χ0) is 19.1. The van der Waals surface area contributed by atoms with E-state index in [0.29, 0.717) is 0 Å². The van der Waals surface area contributed by atoms with Gasteiger partial charge >= 0.3 is 13.4 Å². The van der Waals surface area contributed by atoms with Crippen LogP contribution < -0.4 is 11.2 Å². The Bertz CT molecular complexity index is 1030. The average molecular weight is 382 g/mol. The number of aliphatic hydroxyl groups is 1. The Morgan fingerprint density at radius 1 is 1.54 bits per heavy atom. The Balaban J connectivity index is 1.85. The van der Waals surface area contributed by atoms with Gasteiger partial charge in [-0.25, -0.2) is 18.7 Å². The average Bonchev–Trinajstić information content (AvgIpc) is 3.15. The van der Waals surface area contributed by atoms with Crippen LogP contribution in [0.1, 0.15) is 17.6 Å². The van der Waals surface area contributed by atoms with Gasteiger partial charge in [-0.2, -0.15) is 0 Å². The van der Waals surface area contributed by atoms with Gasteiger partial charge in [0.2, 0.25) is 0 Å². The first-order valence-corrected chi connectivity index (χ1v) is 8.91. The second-order valence-corrected chi connectivity index (χ2v) is 7.14. The lowest BCUT2D eigenvalue weighted by Gasteiger charge is -2.22. The van der Waals surface area contributed by atoms with Crippen molar-refractivity contribution < 1.29 is 23.8 Å². The van der Waals surface area contributed by atoms with Crippen LogP contribution in [-0.4, -0.2) is 47.7 Å². The number of H-pyrrole nitrogens is 1. The number of imidazole rings is 1. The molecule has 3 heterocycles. The van der Waals surface area contributed by atoms with E-state index in [0.717, 1.165) is 15.1 Å². The van der Waals surface area contributed by atoms with Crippen molar-refractivity contribution in [2.45, 2.75) is 25.4 Å². The van der Waals surface area contributed by atoms with Gasteiger partial charge in [0.05, 0.1) is 6.61 Å². The van der Waals surface area contributed by atoms with Gasteiger partial charge in [0.25, 0.3) is 5.56 Å². The number of nitrogens with zero attached hydrogens (tertiary/aromatic N) is 3. The number of aryl methyl sites for hydroxylation is 1. The molecule has 0 bridgehead atoms. The first-order chi connectivity index (χ1) is 12.2. The molecule has 0 radical (unpaired) electrons. The molecule has 2 aromatic rings. The molecule has 0 saturated carbocycles. The minimum atomic E-state index is -4.34. The number of ether oxygens (including phenoxy) is 1. The highest BCUT2D eigenvalue weighted by atomic mass is 31.2. The maximum atomic E-state index is 12.4. The van der Waals surface area contributed by atoms with Crippen LogP contribution in [0.2, 0.25) is 0 Å². The van der Waals surface area contributed by atoms with Crippen LogP contribution in [0.3, 0.4) is 0 Å². The molecule has 3 rings (SSSR count). The van der Waals surface area contributed by atoms with E-state index in [1.165, 1.54) is 19.3 Å². The van der Waals surface area contributed by atoms with Gasteiger partial charge in [-0.1, -0.05) is 5.92 Å². The van der Waals surface area contributed by atoms with Crippen LogP contribution in [0.4, 0.5) is 0 Å². The van der Waals surface area contributed by atoms with E-state index in [2.05, 4.69) is 10.9 Å². The second-order valence-electron chi connectivity index (χ2n) is 5.52. The van der Waals surface area contributed by atoms with E-state index < -0.39 is 37.4 Å². The summed E-state index contributed by atoms with van der Waals surface area (Å²) >= 11 is 0. The van der Waals surface area contributed by atoms with Crippen molar-refractivity contribution in [3.05, 3.63) is 50.8 Å². The van der Waals surface area contributed by atoms with E-state index in [1.807, 2.05) is 4.98 Å². The fourth-order valence-corrected chi connectivity index (χ4v) is 3.84. The van der Waals surface area contributed by atoms with E-state index in [-0.39, 0.29) is 18.0 Å². The number of hydrogen-bond donors (Lipinski definition) is 3. The molecule has 1 fully saturated rings. The molecule has 0 aromatic carbocycles. The highest BCUT2D eigenvalue weighted by Crippen LogP contribution is 2.47. The molecule has 11 nitrogen and oxygen atoms in total.